The van der Waals surface area contributed by atoms with Crippen LogP contribution in [0.1, 0.15) is 22.8 Å². The van der Waals surface area contributed by atoms with Crippen molar-refractivity contribution < 1.29 is 4.79 Å². The van der Waals surface area contributed by atoms with E-state index in [-0.39, 0.29) is 5.91 Å². The minimum atomic E-state index is -0.146. The van der Waals surface area contributed by atoms with Gasteiger partial charge in [0.15, 0.2) is 0 Å². The predicted molar refractivity (Wildman–Crippen MR) is 82.9 cm³/mol. The minimum Gasteiger partial charge on any atom is -0.322 e. The molecule has 6 heteroatoms. The van der Waals surface area contributed by atoms with Crippen molar-refractivity contribution in [1.29, 1.82) is 0 Å². The fourth-order valence-corrected chi connectivity index (χ4v) is 2.07. The van der Waals surface area contributed by atoms with E-state index in [1.54, 1.807) is 24.3 Å². The number of anilines is 1. The summed E-state index contributed by atoms with van der Waals surface area (Å²) >= 11 is 0. The minimum absolute atomic E-state index is 0.146. The first-order valence-corrected chi connectivity index (χ1v) is 7.00. The molecule has 3 rings (SSSR count). The normalized spacial score (nSPS) is 10.4. The molecule has 0 spiro atoms. The number of aromatic nitrogens is 4. The van der Waals surface area contributed by atoms with Gasteiger partial charge in [0.05, 0.1) is 5.69 Å². The van der Waals surface area contributed by atoms with E-state index in [2.05, 4.69) is 27.8 Å². The number of aryl methyl sites for hydroxylation is 1. The van der Waals surface area contributed by atoms with Crippen LogP contribution >= 0.6 is 0 Å². The fraction of sp³-hybridized carbons (Fsp3) is 0.125. The number of hydrogen-bond acceptors (Lipinski definition) is 4. The molecule has 22 heavy (non-hydrogen) atoms. The van der Waals surface area contributed by atoms with Crippen LogP contribution in [0, 0.1) is 0 Å². The largest absolute Gasteiger partial charge is 0.322 e. The van der Waals surface area contributed by atoms with E-state index in [0.29, 0.717) is 5.56 Å². The van der Waals surface area contributed by atoms with Gasteiger partial charge in [-0.15, -0.1) is 5.10 Å². The van der Waals surface area contributed by atoms with E-state index in [1.165, 1.54) is 16.6 Å². The molecular formula is C16H15N5O. The van der Waals surface area contributed by atoms with E-state index in [9.17, 15) is 4.79 Å². The van der Waals surface area contributed by atoms with Crippen LogP contribution in [0.2, 0.25) is 0 Å². The lowest BCUT2D eigenvalue weighted by Crippen LogP contribution is -2.12. The van der Waals surface area contributed by atoms with Crippen LogP contribution in [0.3, 0.4) is 0 Å². The highest BCUT2D eigenvalue weighted by atomic mass is 16.1. The SMILES string of the molecule is CCc1ccc(NC(=O)c2ccc(-n3cnnn3)cc2)cc1. The molecule has 0 aliphatic carbocycles. The Kier molecular flexibility index (Phi) is 3.91. The van der Waals surface area contributed by atoms with Crippen molar-refractivity contribution in [3.05, 3.63) is 66.0 Å². The smallest absolute Gasteiger partial charge is 0.255 e. The summed E-state index contributed by atoms with van der Waals surface area (Å²) in [7, 11) is 0. The summed E-state index contributed by atoms with van der Waals surface area (Å²) in [6, 6.07) is 14.9. The topological polar surface area (TPSA) is 72.7 Å². The molecule has 2 aromatic carbocycles. The van der Waals surface area contributed by atoms with Crippen LogP contribution in [0.4, 0.5) is 5.69 Å². The lowest BCUT2D eigenvalue weighted by Gasteiger charge is -2.07. The monoisotopic (exact) mass is 293 g/mol. The lowest BCUT2D eigenvalue weighted by molar-refractivity contribution is 0.102. The third-order valence-electron chi connectivity index (χ3n) is 3.36. The molecule has 0 radical (unpaired) electrons. The highest BCUT2D eigenvalue weighted by Gasteiger charge is 2.07. The summed E-state index contributed by atoms with van der Waals surface area (Å²) in [5.74, 6) is -0.146. The Hall–Kier alpha value is -3.02. The van der Waals surface area contributed by atoms with Gasteiger partial charge in [0.2, 0.25) is 0 Å². The number of nitrogens with one attached hydrogen (secondary N) is 1. The predicted octanol–water partition coefficient (Wildman–Crippen LogP) is 2.48. The van der Waals surface area contributed by atoms with Gasteiger partial charge < -0.3 is 5.32 Å². The van der Waals surface area contributed by atoms with E-state index >= 15 is 0 Å². The molecule has 0 unspecified atom stereocenters. The molecule has 3 aromatic rings. The first kappa shape index (κ1) is 13.9. The van der Waals surface area contributed by atoms with Crippen molar-refractivity contribution in [2.24, 2.45) is 0 Å². The van der Waals surface area contributed by atoms with Crippen molar-refractivity contribution in [3.8, 4) is 5.69 Å². The Balaban J connectivity index is 1.71. The van der Waals surface area contributed by atoms with E-state index < -0.39 is 0 Å². The molecule has 1 heterocycles. The van der Waals surface area contributed by atoms with E-state index in [4.69, 9.17) is 0 Å². The number of benzene rings is 2. The van der Waals surface area contributed by atoms with Crippen LogP contribution in [0.25, 0.3) is 5.69 Å². The summed E-state index contributed by atoms with van der Waals surface area (Å²) in [5, 5.41) is 13.8. The Morgan fingerprint density at radius 1 is 1.09 bits per heavy atom. The second kappa shape index (κ2) is 6.17. The summed E-state index contributed by atoms with van der Waals surface area (Å²) in [5.41, 5.74) is 3.40. The lowest BCUT2D eigenvalue weighted by atomic mass is 10.1. The number of tetrazole rings is 1. The highest BCUT2D eigenvalue weighted by Crippen LogP contribution is 2.13. The van der Waals surface area contributed by atoms with E-state index in [0.717, 1.165) is 17.8 Å². The van der Waals surface area contributed by atoms with Crippen molar-refractivity contribution in [2.45, 2.75) is 13.3 Å². The van der Waals surface area contributed by atoms with Crippen molar-refractivity contribution >= 4 is 11.6 Å². The molecule has 0 bridgehead atoms. The number of carbonyl (C=O) groups is 1. The number of nitrogens with zero attached hydrogens (tertiary/aromatic N) is 4. The molecule has 0 atom stereocenters. The maximum absolute atomic E-state index is 12.2. The molecule has 0 saturated heterocycles. The van der Waals surface area contributed by atoms with Gasteiger partial charge in [-0.1, -0.05) is 19.1 Å². The van der Waals surface area contributed by atoms with Gasteiger partial charge in [0.25, 0.3) is 5.91 Å². The maximum Gasteiger partial charge on any atom is 0.255 e. The third kappa shape index (κ3) is 3.01. The van der Waals surface area contributed by atoms with Gasteiger partial charge in [0.1, 0.15) is 6.33 Å². The van der Waals surface area contributed by atoms with Crippen LogP contribution < -0.4 is 5.32 Å². The van der Waals surface area contributed by atoms with Crippen molar-refractivity contribution in [3.63, 3.8) is 0 Å². The molecule has 0 aliphatic heterocycles. The van der Waals surface area contributed by atoms with Crippen molar-refractivity contribution in [1.82, 2.24) is 20.2 Å². The summed E-state index contributed by atoms with van der Waals surface area (Å²) < 4.78 is 1.53. The first-order valence-electron chi connectivity index (χ1n) is 7.00. The molecule has 0 saturated carbocycles. The Bertz CT molecular complexity index is 748. The first-order chi connectivity index (χ1) is 10.8. The van der Waals surface area contributed by atoms with Crippen molar-refractivity contribution in [2.75, 3.05) is 5.32 Å². The summed E-state index contributed by atoms with van der Waals surface area (Å²) in [4.78, 5) is 12.2. The number of rotatable bonds is 4. The van der Waals surface area contributed by atoms with E-state index in [1.807, 2.05) is 24.3 Å². The van der Waals surface area contributed by atoms with Gasteiger partial charge in [-0.25, -0.2) is 4.68 Å². The molecular weight excluding hydrogens is 278 g/mol. The molecule has 6 nitrogen and oxygen atoms in total. The quantitative estimate of drug-likeness (QED) is 0.802. The number of amides is 1. The zero-order chi connectivity index (χ0) is 15.4. The van der Waals surface area contributed by atoms with Crippen LogP contribution in [-0.4, -0.2) is 26.1 Å². The molecule has 1 aromatic heterocycles. The zero-order valence-corrected chi connectivity index (χ0v) is 12.1. The molecule has 0 aliphatic rings. The average Bonchev–Trinajstić information content (AvgIpc) is 3.10. The standard InChI is InChI=1S/C16H15N5O/c1-2-12-3-7-14(8-4-12)18-16(22)13-5-9-15(10-6-13)21-11-17-19-20-21/h3-11H,2H2,1H3,(H,18,22). The maximum atomic E-state index is 12.2. The summed E-state index contributed by atoms with van der Waals surface area (Å²) in [6.45, 7) is 2.10. The third-order valence-corrected chi connectivity index (χ3v) is 3.36. The molecule has 0 fully saturated rings. The second-order valence-electron chi connectivity index (χ2n) is 4.81. The summed E-state index contributed by atoms with van der Waals surface area (Å²) in [6.07, 6.45) is 2.48. The van der Waals surface area contributed by atoms with Gasteiger partial charge >= 0.3 is 0 Å². The van der Waals surface area contributed by atoms with Gasteiger partial charge in [-0.3, -0.25) is 4.79 Å². The number of carbonyl (C=O) groups excluding carboxylic acids is 1. The highest BCUT2D eigenvalue weighted by molar-refractivity contribution is 6.04. The van der Waals surface area contributed by atoms with Gasteiger partial charge in [0, 0.05) is 11.3 Å². The average molecular weight is 293 g/mol. The van der Waals surface area contributed by atoms with Crippen LogP contribution in [0.5, 0.6) is 0 Å². The number of hydrogen-bond donors (Lipinski definition) is 1. The molecule has 110 valence electrons. The second-order valence-corrected chi connectivity index (χ2v) is 4.81. The Morgan fingerprint density at radius 3 is 2.41 bits per heavy atom. The van der Waals surface area contributed by atoms with Gasteiger partial charge in [-0.2, -0.15) is 0 Å². The zero-order valence-electron chi connectivity index (χ0n) is 12.1. The molecule has 1 amide bonds. The van der Waals surface area contributed by atoms with Gasteiger partial charge in [-0.05, 0) is 58.8 Å². The van der Waals surface area contributed by atoms with Crippen LogP contribution in [-0.2, 0) is 6.42 Å². The Labute approximate surface area is 127 Å². The fourth-order valence-electron chi connectivity index (χ4n) is 2.07. The van der Waals surface area contributed by atoms with Crippen LogP contribution in [0.15, 0.2) is 54.9 Å². The molecule has 1 N–H and O–H groups in total. The Morgan fingerprint density at radius 2 is 1.82 bits per heavy atom.